The molecule has 1 saturated carbocycles. The Balaban J connectivity index is 1.82. The third-order valence-corrected chi connectivity index (χ3v) is 6.10. The molecule has 1 saturated heterocycles. The fourth-order valence-electron chi connectivity index (χ4n) is 2.79. The molecule has 2 aliphatic rings. The maximum Gasteiger partial charge on any atom is 0.243 e. The van der Waals surface area contributed by atoms with Crippen LogP contribution in [-0.4, -0.2) is 31.6 Å². The van der Waals surface area contributed by atoms with Crippen LogP contribution in [0, 0.1) is 0 Å². The van der Waals surface area contributed by atoms with Gasteiger partial charge in [0.05, 0.1) is 4.90 Å². The number of hydrogen-bond donors (Lipinski definition) is 0. The highest BCUT2D eigenvalue weighted by Crippen LogP contribution is 2.36. The van der Waals surface area contributed by atoms with Crippen molar-refractivity contribution >= 4 is 15.8 Å². The van der Waals surface area contributed by atoms with Crippen LogP contribution < -0.4 is 0 Å². The van der Waals surface area contributed by atoms with Crippen LogP contribution in [0.3, 0.4) is 0 Å². The molecule has 4 nitrogen and oxygen atoms in total. The average Bonchev–Trinajstić information content (AvgIpc) is 3.32. The quantitative estimate of drug-likeness (QED) is 0.637. The van der Waals surface area contributed by atoms with Gasteiger partial charge in [0, 0.05) is 18.7 Å². The van der Waals surface area contributed by atoms with Gasteiger partial charge in [0.25, 0.3) is 0 Å². The van der Waals surface area contributed by atoms with E-state index in [-0.39, 0.29) is 10.7 Å². The summed E-state index contributed by atoms with van der Waals surface area (Å²) in [5, 5.41) is 0. The zero-order valence-corrected chi connectivity index (χ0v) is 12.9. The van der Waals surface area contributed by atoms with Gasteiger partial charge in [-0.1, -0.05) is 23.3 Å². The fourth-order valence-corrected chi connectivity index (χ4v) is 4.28. The van der Waals surface area contributed by atoms with E-state index in [0.717, 1.165) is 12.8 Å². The summed E-state index contributed by atoms with van der Waals surface area (Å²) >= 11 is 0. The number of piperidine rings is 1. The van der Waals surface area contributed by atoms with Crippen LogP contribution in [0.1, 0.15) is 43.0 Å². The first-order valence-corrected chi connectivity index (χ1v) is 8.73. The van der Waals surface area contributed by atoms with Gasteiger partial charge in [0.15, 0.2) is 5.78 Å². The molecule has 0 atom stereocenters. The topological polar surface area (TPSA) is 54.5 Å². The van der Waals surface area contributed by atoms with E-state index in [1.807, 2.05) is 0 Å². The maximum atomic E-state index is 12.7. The lowest BCUT2D eigenvalue weighted by Gasteiger charge is -2.27. The summed E-state index contributed by atoms with van der Waals surface area (Å²) in [6, 6.07) is 6.32. The molecule has 112 valence electrons. The van der Waals surface area contributed by atoms with Crippen molar-refractivity contribution in [2.45, 2.75) is 37.5 Å². The van der Waals surface area contributed by atoms with Gasteiger partial charge in [0.1, 0.15) is 0 Å². The molecule has 1 aromatic rings. The van der Waals surface area contributed by atoms with Gasteiger partial charge < -0.3 is 0 Å². The van der Waals surface area contributed by atoms with Gasteiger partial charge in [-0.15, -0.1) is 0 Å². The highest BCUT2D eigenvalue weighted by atomic mass is 32.2. The molecule has 1 aliphatic heterocycles. The number of Topliss-reactive ketones (excluding diaryl/α,β-unsaturated/α-hetero) is 1. The van der Waals surface area contributed by atoms with E-state index >= 15 is 0 Å². The summed E-state index contributed by atoms with van der Waals surface area (Å²) in [5.74, 6) is -0.119. The first kappa shape index (κ1) is 14.5. The predicted octanol–water partition coefficient (Wildman–Crippen LogP) is 2.76. The van der Waals surface area contributed by atoms with Crippen molar-refractivity contribution in [3.05, 3.63) is 41.0 Å². The first-order valence-electron chi connectivity index (χ1n) is 7.29. The summed E-state index contributed by atoms with van der Waals surface area (Å²) in [4.78, 5) is 11.6. The summed E-state index contributed by atoms with van der Waals surface area (Å²) < 4.78 is 26.8. The average molecular weight is 305 g/mol. The molecule has 0 unspecified atom stereocenters. The molecule has 0 amide bonds. The Labute approximate surface area is 125 Å². The van der Waals surface area contributed by atoms with Crippen LogP contribution in [0.4, 0.5) is 0 Å². The lowest BCUT2D eigenvalue weighted by atomic mass is 10.1. The molecule has 2 fully saturated rings. The van der Waals surface area contributed by atoms with Crippen LogP contribution in [0.25, 0.3) is 0 Å². The van der Waals surface area contributed by atoms with E-state index in [0.29, 0.717) is 18.7 Å². The molecular formula is C16H19NO3S. The molecule has 5 heteroatoms. The van der Waals surface area contributed by atoms with E-state index in [1.165, 1.54) is 37.0 Å². The molecule has 1 heterocycles. The van der Waals surface area contributed by atoms with Crippen molar-refractivity contribution in [3.8, 4) is 0 Å². The second-order valence-corrected chi connectivity index (χ2v) is 7.63. The number of rotatable bonds is 3. The number of sulfonamides is 1. The molecule has 1 aromatic carbocycles. The van der Waals surface area contributed by atoms with Gasteiger partial charge >= 0.3 is 0 Å². The highest BCUT2D eigenvalue weighted by molar-refractivity contribution is 7.89. The van der Waals surface area contributed by atoms with Gasteiger partial charge in [-0.3, -0.25) is 4.79 Å². The minimum atomic E-state index is -3.49. The van der Waals surface area contributed by atoms with E-state index in [9.17, 15) is 13.2 Å². The van der Waals surface area contributed by atoms with Crippen molar-refractivity contribution in [2.75, 3.05) is 13.1 Å². The van der Waals surface area contributed by atoms with Crippen molar-refractivity contribution < 1.29 is 13.2 Å². The largest absolute Gasteiger partial charge is 0.295 e. The Kier molecular flexibility index (Phi) is 3.71. The number of ketones is 1. The minimum Gasteiger partial charge on any atom is -0.295 e. The lowest BCUT2D eigenvalue weighted by molar-refractivity contribution is 0.101. The van der Waals surface area contributed by atoms with E-state index < -0.39 is 10.0 Å². The second-order valence-electron chi connectivity index (χ2n) is 5.70. The number of nitrogens with zero attached hydrogens (tertiary/aromatic N) is 1. The standard InChI is InChI=1S/C16H19NO3S/c1-12(18)15-3-2-4-16(11-15)21(19,20)17-9-7-14(8-10-17)13-5-6-13/h2-4,11H,5-10H2,1H3. The van der Waals surface area contributed by atoms with Gasteiger partial charge in [-0.05, 0) is 44.7 Å². The molecule has 21 heavy (non-hydrogen) atoms. The summed E-state index contributed by atoms with van der Waals surface area (Å²) in [6.45, 7) is 2.54. The molecular weight excluding hydrogens is 286 g/mol. The highest BCUT2D eigenvalue weighted by Gasteiger charge is 2.29. The summed E-state index contributed by atoms with van der Waals surface area (Å²) in [7, 11) is -3.49. The van der Waals surface area contributed by atoms with Crippen molar-refractivity contribution in [1.82, 2.24) is 4.31 Å². The van der Waals surface area contributed by atoms with E-state index in [4.69, 9.17) is 0 Å². The monoisotopic (exact) mass is 305 g/mol. The van der Waals surface area contributed by atoms with Crippen molar-refractivity contribution in [1.29, 1.82) is 0 Å². The van der Waals surface area contributed by atoms with Gasteiger partial charge in [0.2, 0.25) is 10.0 Å². The predicted molar refractivity (Wildman–Crippen MR) is 80.7 cm³/mol. The Morgan fingerprint density at radius 1 is 1.05 bits per heavy atom. The number of benzene rings is 1. The first-order chi connectivity index (χ1) is 9.98. The number of allylic oxidation sites excluding steroid dienone is 1. The number of hydrogen-bond acceptors (Lipinski definition) is 3. The second kappa shape index (κ2) is 5.39. The molecule has 0 aromatic heterocycles. The third-order valence-electron chi connectivity index (χ3n) is 4.20. The lowest BCUT2D eigenvalue weighted by Crippen LogP contribution is -2.36. The maximum absolute atomic E-state index is 12.7. The smallest absolute Gasteiger partial charge is 0.243 e. The number of carbonyl (C=O) groups excluding carboxylic acids is 1. The fraction of sp³-hybridized carbons (Fsp3) is 0.438. The van der Waals surface area contributed by atoms with Crippen molar-refractivity contribution in [2.24, 2.45) is 0 Å². The zero-order chi connectivity index (χ0) is 15.0. The van der Waals surface area contributed by atoms with Crippen LogP contribution in [0.15, 0.2) is 40.3 Å². The number of carbonyl (C=O) groups is 1. The van der Waals surface area contributed by atoms with Gasteiger partial charge in [-0.25, -0.2) is 8.42 Å². The van der Waals surface area contributed by atoms with E-state index in [1.54, 1.807) is 22.5 Å². The minimum absolute atomic E-state index is 0.119. The third kappa shape index (κ3) is 2.94. The Morgan fingerprint density at radius 2 is 1.67 bits per heavy atom. The molecule has 0 radical (unpaired) electrons. The molecule has 0 spiro atoms. The summed E-state index contributed by atoms with van der Waals surface area (Å²) in [6.07, 6.45) is 4.09. The molecule has 3 rings (SSSR count). The molecule has 1 aliphatic carbocycles. The SMILES string of the molecule is CC(=O)c1cccc(S(=O)(=O)N2CCC(=C3CC3)CC2)c1. The normalized spacial score (nSPS) is 19.7. The Bertz CT molecular complexity index is 703. The molecule has 0 N–H and O–H groups in total. The van der Waals surface area contributed by atoms with Crippen LogP contribution in [0.2, 0.25) is 0 Å². The van der Waals surface area contributed by atoms with Crippen LogP contribution in [-0.2, 0) is 10.0 Å². The van der Waals surface area contributed by atoms with E-state index in [2.05, 4.69) is 0 Å². The Morgan fingerprint density at radius 3 is 2.24 bits per heavy atom. The Hall–Kier alpha value is -1.46. The van der Waals surface area contributed by atoms with Crippen LogP contribution in [0.5, 0.6) is 0 Å². The zero-order valence-electron chi connectivity index (χ0n) is 12.1. The van der Waals surface area contributed by atoms with Gasteiger partial charge in [-0.2, -0.15) is 4.31 Å². The molecule has 0 bridgehead atoms. The van der Waals surface area contributed by atoms with Crippen LogP contribution >= 0.6 is 0 Å². The van der Waals surface area contributed by atoms with Crippen molar-refractivity contribution in [3.63, 3.8) is 0 Å². The summed E-state index contributed by atoms with van der Waals surface area (Å²) in [5.41, 5.74) is 3.43.